The number of ether oxygens (including phenoxy) is 1. The van der Waals surface area contributed by atoms with Gasteiger partial charge < -0.3 is 9.64 Å². The highest BCUT2D eigenvalue weighted by Crippen LogP contribution is 2.46. The first-order chi connectivity index (χ1) is 9.55. The Morgan fingerprint density at radius 2 is 2.05 bits per heavy atom. The van der Waals surface area contributed by atoms with Gasteiger partial charge >= 0.3 is 0 Å². The predicted molar refractivity (Wildman–Crippen MR) is 68.6 cm³/mol. The molecule has 1 aromatic carbocycles. The van der Waals surface area contributed by atoms with Crippen LogP contribution in [0, 0.1) is 0 Å². The maximum absolute atomic E-state index is 12.7. The molecule has 4 nitrogen and oxygen atoms in total. The zero-order valence-corrected chi connectivity index (χ0v) is 11.1. The average molecular weight is 282 g/mol. The Labute approximate surface area is 115 Å². The summed E-state index contributed by atoms with van der Waals surface area (Å²) in [6.07, 6.45) is -1.57. The zero-order valence-electron chi connectivity index (χ0n) is 11.1. The third-order valence-corrected chi connectivity index (χ3v) is 3.91. The van der Waals surface area contributed by atoms with Gasteiger partial charge in [-0.25, -0.2) is 8.78 Å². The number of hydrogen-bond acceptors (Lipinski definition) is 3. The topological polar surface area (TPSA) is 41.6 Å². The van der Waals surface area contributed by atoms with Crippen molar-refractivity contribution in [1.29, 1.82) is 0 Å². The van der Waals surface area contributed by atoms with E-state index in [2.05, 4.69) is 5.32 Å². The second-order valence-corrected chi connectivity index (χ2v) is 5.25. The van der Waals surface area contributed by atoms with E-state index in [9.17, 15) is 13.6 Å². The van der Waals surface area contributed by atoms with Gasteiger partial charge in [0.05, 0.1) is 13.7 Å². The van der Waals surface area contributed by atoms with Crippen molar-refractivity contribution < 1.29 is 18.3 Å². The molecule has 1 spiro atoms. The zero-order chi connectivity index (χ0) is 14.3. The summed E-state index contributed by atoms with van der Waals surface area (Å²) >= 11 is 0. The predicted octanol–water partition coefficient (Wildman–Crippen LogP) is 1.92. The van der Waals surface area contributed by atoms with Gasteiger partial charge in [-0.3, -0.25) is 10.1 Å². The fourth-order valence-corrected chi connectivity index (χ4v) is 2.66. The molecule has 1 atom stereocenters. The van der Waals surface area contributed by atoms with Crippen molar-refractivity contribution in [1.82, 2.24) is 10.2 Å². The minimum atomic E-state index is -2.53. The number of amides is 1. The molecule has 2 fully saturated rings. The smallest absolute Gasteiger partial charge is 0.255 e. The van der Waals surface area contributed by atoms with E-state index in [-0.39, 0.29) is 5.91 Å². The molecular weight excluding hydrogens is 266 g/mol. The minimum absolute atomic E-state index is 0.210. The monoisotopic (exact) mass is 282 g/mol. The third-order valence-electron chi connectivity index (χ3n) is 3.91. The molecule has 20 heavy (non-hydrogen) atoms. The highest BCUT2D eigenvalue weighted by molar-refractivity contribution is 5.92. The maximum Gasteiger partial charge on any atom is 0.255 e. The molecule has 1 aliphatic heterocycles. The minimum Gasteiger partial charge on any atom is -0.497 e. The van der Waals surface area contributed by atoms with Crippen LogP contribution in [-0.2, 0) is 4.79 Å². The number of carbonyl (C=O) groups is 1. The van der Waals surface area contributed by atoms with E-state index in [1.54, 1.807) is 31.4 Å². The van der Waals surface area contributed by atoms with Gasteiger partial charge in [-0.1, -0.05) is 12.1 Å². The Morgan fingerprint density at radius 3 is 2.55 bits per heavy atom. The summed E-state index contributed by atoms with van der Waals surface area (Å²) in [5.74, 6) is 0.484. The second kappa shape index (κ2) is 4.70. The van der Waals surface area contributed by atoms with E-state index in [0.29, 0.717) is 5.75 Å². The van der Waals surface area contributed by atoms with Crippen molar-refractivity contribution in [3.05, 3.63) is 29.8 Å². The van der Waals surface area contributed by atoms with Gasteiger partial charge in [0.15, 0.2) is 0 Å². The first-order valence-corrected chi connectivity index (χ1v) is 6.57. The van der Waals surface area contributed by atoms with Crippen LogP contribution in [0.2, 0.25) is 0 Å². The number of alkyl halides is 2. The average Bonchev–Trinajstić information content (AvgIpc) is 3.17. The van der Waals surface area contributed by atoms with Crippen LogP contribution in [0.15, 0.2) is 24.3 Å². The van der Waals surface area contributed by atoms with Crippen LogP contribution >= 0.6 is 0 Å². The van der Waals surface area contributed by atoms with Crippen molar-refractivity contribution in [2.45, 2.75) is 31.0 Å². The molecule has 0 radical (unpaired) electrons. The molecule has 1 N–H and O–H groups in total. The number of nitrogens with zero attached hydrogens (tertiary/aromatic N) is 1. The summed E-state index contributed by atoms with van der Waals surface area (Å²) < 4.78 is 30.5. The van der Waals surface area contributed by atoms with Crippen molar-refractivity contribution in [2.75, 3.05) is 13.7 Å². The number of carbonyl (C=O) groups excluding carboxylic acids is 1. The quantitative estimate of drug-likeness (QED) is 0.917. The molecule has 108 valence electrons. The summed E-state index contributed by atoms with van der Waals surface area (Å²) in [4.78, 5) is 13.5. The van der Waals surface area contributed by atoms with E-state index in [1.807, 2.05) is 0 Å². The van der Waals surface area contributed by atoms with Crippen LogP contribution in [0.3, 0.4) is 0 Å². The molecule has 1 aromatic rings. The number of hydrogen-bond donors (Lipinski definition) is 1. The molecular formula is C14H16F2N2O2. The summed E-state index contributed by atoms with van der Waals surface area (Å²) in [6, 6.07) is 7.12. The largest absolute Gasteiger partial charge is 0.497 e. The standard InChI is InChI=1S/C14H16F2N2O2/c1-20-10-4-2-9(3-5-10)12-17-14(6-7-14)13(19)18(12)8-11(15)16/h2-5,11-12,17H,6-8H2,1H3. The lowest BCUT2D eigenvalue weighted by Crippen LogP contribution is -2.35. The molecule has 6 heteroatoms. The van der Waals surface area contributed by atoms with Gasteiger partial charge in [-0.05, 0) is 30.5 Å². The molecule has 1 unspecified atom stereocenters. The number of halogens is 2. The molecule has 2 aliphatic rings. The highest BCUT2D eigenvalue weighted by Gasteiger charge is 2.59. The molecule has 3 rings (SSSR count). The van der Waals surface area contributed by atoms with E-state index in [1.165, 1.54) is 4.90 Å². The Morgan fingerprint density at radius 1 is 1.40 bits per heavy atom. The number of methoxy groups -OCH3 is 1. The Balaban J connectivity index is 1.87. The summed E-state index contributed by atoms with van der Waals surface area (Å²) in [5, 5.41) is 3.20. The number of rotatable bonds is 4. The van der Waals surface area contributed by atoms with Crippen LogP contribution < -0.4 is 10.1 Å². The fraction of sp³-hybridized carbons (Fsp3) is 0.500. The molecule has 1 saturated heterocycles. The lowest BCUT2D eigenvalue weighted by molar-refractivity contribution is -0.132. The van der Waals surface area contributed by atoms with Gasteiger partial charge in [-0.15, -0.1) is 0 Å². The van der Waals surface area contributed by atoms with E-state index < -0.39 is 24.7 Å². The lowest BCUT2D eigenvalue weighted by Gasteiger charge is -2.24. The molecule has 1 heterocycles. The normalized spacial score (nSPS) is 23.7. The van der Waals surface area contributed by atoms with E-state index in [0.717, 1.165) is 18.4 Å². The SMILES string of the molecule is COc1ccc(C2NC3(CC3)C(=O)N2CC(F)F)cc1. The lowest BCUT2D eigenvalue weighted by atomic mass is 10.1. The van der Waals surface area contributed by atoms with Crippen LogP contribution in [0.5, 0.6) is 5.75 Å². The third kappa shape index (κ3) is 2.14. The van der Waals surface area contributed by atoms with Crippen molar-refractivity contribution in [3.8, 4) is 5.75 Å². The Bertz CT molecular complexity index is 514. The van der Waals surface area contributed by atoms with Gasteiger partial charge in [0.2, 0.25) is 5.91 Å². The summed E-state index contributed by atoms with van der Waals surface area (Å²) in [7, 11) is 1.56. The van der Waals surface area contributed by atoms with Crippen LogP contribution in [-0.4, -0.2) is 36.4 Å². The van der Waals surface area contributed by atoms with Gasteiger partial charge in [0, 0.05) is 0 Å². The van der Waals surface area contributed by atoms with Crippen molar-refractivity contribution in [3.63, 3.8) is 0 Å². The van der Waals surface area contributed by atoms with E-state index in [4.69, 9.17) is 4.74 Å². The van der Waals surface area contributed by atoms with E-state index >= 15 is 0 Å². The maximum atomic E-state index is 12.7. The molecule has 1 amide bonds. The van der Waals surface area contributed by atoms with Gasteiger partial charge in [0.1, 0.15) is 17.5 Å². The van der Waals surface area contributed by atoms with Gasteiger partial charge in [-0.2, -0.15) is 0 Å². The Hall–Kier alpha value is -1.69. The first-order valence-electron chi connectivity index (χ1n) is 6.57. The summed E-state index contributed by atoms with van der Waals surface area (Å²) in [6.45, 7) is -0.537. The first kappa shape index (κ1) is 13.3. The Kier molecular flexibility index (Phi) is 3.12. The molecule has 0 bridgehead atoms. The van der Waals surface area contributed by atoms with Gasteiger partial charge in [0.25, 0.3) is 6.43 Å². The molecule has 0 aromatic heterocycles. The highest BCUT2D eigenvalue weighted by atomic mass is 19.3. The number of benzene rings is 1. The van der Waals surface area contributed by atoms with Crippen LogP contribution in [0.1, 0.15) is 24.6 Å². The van der Waals surface area contributed by atoms with Crippen LogP contribution in [0.4, 0.5) is 8.78 Å². The number of nitrogens with one attached hydrogen (secondary N) is 1. The molecule has 1 aliphatic carbocycles. The van der Waals surface area contributed by atoms with Crippen LogP contribution in [0.25, 0.3) is 0 Å². The fourth-order valence-electron chi connectivity index (χ4n) is 2.66. The van der Waals surface area contributed by atoms with Crippen molar-refractivity contribution in [2.24, 2.45) is 0 Å². The molecule has 1 saturated carbocycles. The van der Waals surface area contributed by atoms with Crippen molar-refractivity contribution >= 4 is 5.91 Å². The second-order valence-electron chi connectivity index (χ2n) is 5.25. The summed E-state index contributed by atoms with van der Waals surface area (Å²) in [5.41, 5.74) is 0.197.